The van der Waals surface area contributed by atoms with Crippen LogP contribution in [0.15, 0.2) is 81.3 Å². The maximum atomic E-state index is 12.7. The van der Waals surface area contributed by atoms with Crippen molar-refractivity contribution < 1.29 is 9.53 Å². The van der Waals surface area contributed by atoms with Gasteiger partial charge in [-0.3, -0.25) is 4.79 Å². The number of amides is 1. The summed E-state index contributed by atoms with van der Waals surface area (Å²) in [6.45, 7) is 0.475. The summed E-state index contributed by atoms with van der Waals surface area (Å²) in [6, 6.07) is 19.4. The summed E-state index contributed by atoms with van der Waals surface area (Å²) in [4.78, 5) is 18.0. The van der Waals surface area contributed by atoms with Crippen LogP contribution in [0.25, 0.3) is 0 Å². The lowest BCUT2D eigenvalue weighted by Crippen LogP contribution is -2.34. The Morgan fingerprint density at radius 3 is 2.78 bits per heavy atom. The predicted molar refractivity (Wildman–Crippen MR) is 109 cm³/mol. The summed E-state index contributed by atoms with van der Waals surface area (Å²) in [5.74, 6) is 0.809. The third-order valence-corrected chi connectivity index (χ3v) is 5.75. The fourth-order valence-electron chi connectivity index (χ4n) is 2.95. The van der Waals surface area contributed by atoms with Crippen LogP contribution in [0.4, 0.5) is 0 Å². The molecule has 0 radical (unpaired) electrons. The number of hydrogen-bond acceptors (Lipinski definition) is 4. The van der Waals surface area contributed by atoms with E-state index in [1.165, 1.54) is 17.3 Å². The number of rotatable bonds is 5. The van der Waals surface area contributed by atoms with Gasteiger partial charge in [-0.2, -0.15) is 0 Å². The van der Waals surface area contributed by atoms with E-state index in [1.54, 1.807) is 6.20 Å². The van der Waals surface area contributed by atoms with Crippen LogP contribution >= 0.6 is 27.7 Å². The van der Waals surface area contributed by atoms with Crippen molar-refractivity contribution in [2.75, 3.05) is 6.54 Å². The Hall–Kier alpha value is -2.31. The Kier molecular flexibility index (Phi) is 5.45. The van der Waals surface area contributed by atoms with Gasteiger partial charge >= 0.3 is 0 Å². The van der Waals surface area contributed by atoms with Gasteiger partial charge in [0.1, 0.15) is 16.9 Å². The maximum Gasteiger partial charge on any atom is 0.252 e. The van der Waals surface area contributed by atoms with E-state index < -0.39 is 0 Å². The first-order valence-electron chi connectivity index (χ1n) is 8.60. The summed E-state index contributed by atoms with van der Waals surface area (Å²) in [6.07, 6.45) is 2.54. The van der Waals surface area contributed by atoms with E-state index >= 15 is 0 Å². The molecule has 0 fully saturated rings. The molecule has 27 heavy (non-hydrogen) atoms. The van der Waals surface area contributed by atoms with Crippen LogP contribution in [-0.4, -0.2) is 23.5 Å². The van der Waals surface area contributed by atoms with Crippen LogP contribution in [0.1, 0.15) is 15.9 Å². The maximum absolute atomic E-state index is 12.7. The molecule has 0 saturated carbocycles. The monoisotopic (exact) mass is 440 g/mol. The Morgan fingerprint density at radius 2 is 1.96 bits per heavy atom. The largest absolute Gasteiger partial charge is 0.488 e. The molecule has 1 aliphatic rings. The van der Waals surface area contributed by atoms with Gasteiger partial charge in [0, 0.05) is 22.0 Å². The molecule has 2 heterocycles. The van der Waals surface area contributed by atoms with Gasteiger partial charge in [-0.05, 0) is 51.8 Å². The summed E-state index contributed by atoms with van der Waals surface area (Å²) in [5.41, 5.74) is 1.83. The van der Waals surface area contributed by atoms with Crippen molar-refractivity contribution in [2.45, 2.75) is 22.4 Å². The number of ether oxygens (including phenoxy) is 1. The zero-order valence-corrected chi connectivity index (χ0v) is 16.8. The van der Waals surface area contributed by atoms with Crippen molar-refractivity contribution >= 4 is 33.6 Å². The van der Waals surface area contributed by atoms with Crippen LogP contribution in [-0.2, 0) is 6.42 Å². The number of pyridine rings is 1. The number of carbonyl (C=O) groups is 1. The van der Waals surface area contributed by atoms with Crippen molar-refractivity contribution in [1.29, 1.82) is 0 Å². The molecule has 1 aromatic heterocycles. The average Bonchev–Trinajstić information content (AvgIpc) is 3.11. The van der Waals surface area contributed by atoms with Gasteiger partial charge in [-0.25, -0.2) is 4.98 Å². The molecule has 4 rings (SSSR count). The number of nitrogens with zero attached hydrogens (tertiary/aromatic N) is 1. The molecule has 4 nitrogen and oxygen atoms in total. The normalized spacial score (nSPS) is 15.1. The lowest BCUT2D eigenvalue weighted by molar-refractivity contribution is 0.0930. The van der Waals surface area contributed by atoms with Gasteiger partial charge < -0.3 is 10.1 Å². The highest BCUT2D eigenvalue weighted by atomic mass is 79.9. The number of hydrogen-bond donors (Lipinski definition) is 1. The fourth-order valence-corrected chi connectivity index (χ4v) is 4.07. The third kappa shape index (κ3) is 4.34. The molecule has 1 aliphatic heterocycles. The predicted octanol–water partition coefficient (Wildman–Crippen LogP) is 4.73. The molecular weight excluding hydrogens is 424 g/mol. The van der Waals surface area contributed by atoms with Gasteiger partial charge in [0.25, 0.3) is 5.91 Å². The zero-order chi connectivity index (χ0) is 18.6. The number of carbonyl (C=O) groups excluding carboxylic acids is 1. The quantitative estimate of drug-likeness (QED) is 0.622. The molecule has 1 amide bonds. The van der Waals surface area contributed by atoms with Gasteiger partial charge in [0.2, 0.25) is 0 Å². The minimum Gasteiger partial charge on any atom is -0.488 e. The molecule has 3 aromatic rings. The van der Waals surface area contributed by atoms with Crippen molar-refractivity contribution in [3.05, 3.63) is 82.5 Å². The van der Waals surface area contributed by atoms with Crippen LogP contribution in [0.2, 0.25) is 0 Å². The molecule has 1 atom stereocenters. The van der Waals surface area contributed by atoms with E-state index in [0.717, 1.165) is 26.6 Å². The molecule has 2 aromatic carbocycles. The summed E-state index contributed by atoms with van der Waals surface area (Å²) < 4.78 is 6.82. The molecule has 0 saturated heterocycles. The highest BCUT2D eigenvalue weighted by molar-refractivity contribution is 9.10. The van der Waals surface area contributed by atoms with Crippen molar-refractivity contribution in [3.63, 3.8) is 0 Å². The molecule has 0 spiro atoms. The van der Waals surface area contributed by atoms with Gasteiger partial charge in [0.15, 0.2) is 0 Å². The van der Waals surface area contributed by atoms with Crippen LogP contribution in [0.5, 0.6) is 5.75 Å². The Morgan fingerprint density at radius 1 is 1.15 bits per heavy atom. The van der Waals surface area contributed by atoms with E-state index in [-0.39, 0.29) is 12.0 Å². The van der Waals surface area contributed by atoms with Crippen LogP contribution < -0.4 is 10.1 Å². The van der Waals surface area contributed by atoms with E-state index in [0.29, 0.717) is 12.1 Å². The van der Waals surface area contributed by atoms with Crippen molar-refractivity contribution in [1.82, 2.24) is 10.3 Å². The zero-order valence-electron chi connectivity index (χ0n) is 14.4. The highest BCUT2D eigenvalue weighted by Crippen LogP contribution is 2.30. The summed E-state index contributed by atoms with van der Waals surface area (Å²) in [7, 11) is 0. The lowest BCUT2D eigenvalue weighted by atomic mass is 10.1. The highest BCUT2D eigenvalue weighted by Gasteiger charge is 2.23. The first-order chi connectivity index (χ1) is 13.2. The Labute approximate surface area is 170 Å². The minimum atomic E-state index is -0.102. The lowest BCUT2D eigenvalue weighted by Gasteiger charge is -2.13. The second-order valence-electron chi connectivity index (χ2n) is 6.17. The summed E-state index contributed by atoms with van der Waals surface area (Å²) in [5, 5.41) is 3.85. The molecule has 1 unspecified atom stereocenters. The Bertz CT molecular complexity index is 937. The van der Waals surface area contributed by atoms with Crippen LogP contribution in [0.3, 0.4) is 0 Å². The molecule has 0 aliphatic carbocycles. The standard InChI is InChI=1S/C21H17BrN2O2S/c22-15-9-10-20(23-12-15)27-19-8-4-2-6-17(19)21(25)24-13-16-11-14-5-1-3-7-18(14)26-16/h1-10,12,16H,11,13H2,(H,24,25). The number of aromatic nitrogens is 1. The molecule has 1 N–H and O–H groups in total. The van der Waals surface area contributed by atoms with Crippen molar-refractivity contribution in [2.24, 2.45) is 0 Å². The minimum absolute atomic E-state index is 0.0284. The number of halogens is 1. The molecule has 6 heteroatoms. The average molecular weight is 441 g/mol. The van der Waals surface area contributed by atoms with E-state index in [1.807, 2.05) is 54.6 Å². The van der Waals surface area contributed by atoms with Crippen LogP contribution in [0, 0.1) is 0 Å². The Balaban J connectivity index is 1.41. The topological polar surface area (TPSA) is 51.2 Å². The first-order valence-corrected chi connectivity index (χ1v) is 10.2. The number of fused-ring (bicyclic) bond motifs is 1. The first kappa shape index (κ1) is 18.1. The van der Waals surface area contributed by atoms with Crippen molar-refractivity contribution in [3.8, 4) is 5.75 Å². The number of para-hydroxylation sites is 1. The van der Waals surface area contributed by atoms with E-state index in [2.05, 4.69) is 32.3 Å². The van der Waals surface area contributed by atoms with Gasteiger partial charge in [0.05, 0.1) is 12.1 Å². The summed E-state index contributed by atoms with van der Waals surface area (Å²) >= 11 is 4.86. The smallest absolute Gasteiger partial charge is 0.252 e. The molecular formula is C21H17BrN2O2S. The SMILES string of the molecule is O=C(NCC1Cc2ccccc2O1)c1ccccc1Sc1ccc(Br)cn1. The van der Waals surface area contributed by atoms with Gasteiger partial charge in [-0.1, -0.05) is 42.1 Å². The van der Waals surface area contributed by atoms with E-state index in [4.69, 9.17) is 4.74 Å². The van der Waals surface area contributed by atoms with Gasteiger partial charge in [-0.15, -0.1) is 0 Å². The fraction of sp³-hybridized carbons (Fsp3) is 0.143. The molecule has 136 valence electrons. The van der Waals surface area contributed by atoms with E-state index in [9.17, 15) is 4.79 Å². The number of nitrogens with one attached hydrogen (secondary N) is 1. The second-order valence-corrected chi connectivity index (χ2v) is 8.15. The third-order valence-electron chi connectivity index (χ3n) is 4.25. The second kappa shape index (κ2) is 8.15. The molecule has 0 bridgehead atoms. The number of benzene rings is 2.